The molecular formula is C12H18F6O2. The Morgan fingerprint density at radius 3 is 1.55 bits per heavy atom. The fourth-order valence-electron chi connectivity index (χ4n) is 1.38. The Bertz CT molecular complexity index is 336. The molecule has 0 radical (unpaired) electrons. The SMILES string of the molecule is CCC(C(=O)OC(C)C(C)(C)C)(C(F)(F)F)C(F)(F)F. The zero-order valence-electron chi connectivity index (χ0n) is 11.9. The number of esters is 1. The molecule has 8 heteroatoms. The second-order valence-corrected chi connectivity index (χ2v) is 5.67. The summed E-state index contributed by atoms with van der Waals surface area (Å²) < 4.78 is 81.5. The second-order valence-electron chi connectivity index (χ2n) is 5.67. The van der Waals surface area contributed by atoms with Crippen molar-refractivity contribution in [3.63, 3.8) is 0 Å². The lowest BCUT2D eigenvalue weighted by atomic mass is 9.82. The van der Waals surface area contributed by atoms with Gasteiger partial charge in [-0.3, -0.25) is 4.79 Å². The maximum absolute atomic E-state index is 12.8. The number of ether oxygens (including phenoxy) is 1. The standard InChI is InChI=1S/C12H18F6O2/c1-6-10(11(13,14)15,12(16,17)18)8(19)20-7(2)9(3,4)5/h7H,6H2,1-5H3. The van der Waals surface area contributed by atoms with Crippen molar-refractivity contribution in [3.05, 3.63) is 0 Å². The Labute approximate surface area is 113 Å². The third-order valence-corrected chi connectivity index (χ3v) is 3.35. The maximum atomic E-state index is 12.8. The summed E-state index contributed by atoms with van der Waals surface area (Å²) >= 11 is 0. The first kappa shape index (κ1) is 19.1. The van der Waals surface area contributed by atoms with Gasteiger partial charge < -0.3 is 4.74 Å². The van der Waals surface area contributed by atoms with Crippen LogP contribution in [0.3, 0.4) is 0 Å². The highest BCUT2D eigenvalue weighted by atomic mass is 19.4. The molecule has 0 spiro atoms. The number of hydrogen-bond acceptors (Lipinski definition) is 2. The summed E-state index contributed by atoms with van der Waals surface area (Å²) in [5.41, 5.74) is -5.26. The zero-order valence-corrected chi connectivity index (χ0v) is 11.9. The average molecular weight is 308 g/mol. The number of carbonyl (C=O) groups excluding carboxylic acids is 1. The van der Waals surface area contributed by atoms with E-state index in [1.165, 1.54) is 6.92 Å². The summed E-state index contributed by atoms with van der Waals surface area (Å²) in [4.78, 5) is 11.6. The van der Waals surface area contributed by atoms with Crippen LogP contribution in [0.4, 0.5) is 26.3 Å². The molecule has 0 aliphatic heterocycles. The summed E-state index contributed by atoms with van der Waals surface area (Å²) in [5.74, 6) is -2.30. The highest BCUT2D eigenvalue weighted by molar-refractivity contribution is 5.79. The molecule has 0 rings (SSSR count). The lowest BCUT2D eigenvalue weighted by Gasteiger charge is -2.36. The smallest absolute Gasteiger partial charge is 0.413 e. The second kappa shape index (κ2) is 5.44. The molecule has 20 heavy (non-hydrogen) atoms. The fourth-order valence-corrected chi connectivity index (χ4v) is 1.38. The molecule has 0 heterocycles. The highest BCUT2D eigenvalue weighted by Crippen LogP contribution is 2.53. The molecule has 1 unspecified atom stereocenters. The van der Waals surface area contributed by atoms with E-state index in [-0.39, 0.29) is 0 Å². The van der Waals surface area contributed by atoms with Gasteiger partial charge in [-0.05, 0) is 18.8 Å². The van der Waals surface area contributed by atoms with Crippen molar-refractivity contribution < 1.29 is 35.9 Å². The van der Waals surface area contributed by atoms with Crippen LogP contribution in [0.5, 0.6) is 0 Å². The van der Waals surface area contributed by atoms with Crippen molar-refractivity contribution in [1.29, 1.82) is 0 Å². The molecule has 0 saturated heterocycles. The van der Waals surface area contributed by atoms with Crippen LogP contribution >= 0.6 is 0 Å². The van der Waals surface area contributed by atoms with E-state index in [0.717, 1.165) is 0 Å². The first-order valence-corrected chi connectivity index (χ1v) is 5.95. The maximum Gasteiger partial charge on any atom is 0.413 e. The molecule has 2 nitrogen and oxygen atoms in total. The fraction of sp³-hybridized carbons (Fsp3) is 0.917. The Morgan fingerprint density at radius 2 is 1.35 bits per heavy atom. The number of alkyl halides is 6. The molecule has 0 amide bonds. The first-order chi connectivity index (χ1) is 8.61. The molecule has 0 aromatic rings. The number of hydrogen-bond donors (Lipinski definition) is 0. The van der Waals surface area contributed by atoms with Gasteiger partial charge in [0, 0.05) is 0 Å². The van der Waals surface area contributed by atoms with E-state index in [0.29, 0.717) is 6.92 Å². The van der Waals surface area contributed by atoms with Gasteiger partial charge in [0.15, 0.2) is 0 Å². The molecule has 0 aromatic carbocycles. The third-order valence-electron chi connectivity index (χ3n) is 3.35. The number of halogens is 6. The minimum atomic E-state index is -5.77. The van der Waals surface area contributed by atoms with E-state index in [1.807, 2.05) is 0 Å². The molecule has 120 valence electrons. The van der Waals surface area contributed by atoms with Gasteiger partial charge in [0.25, 0.3) is 5.41 Å². The van der Waals surface area contributed by atoms with Crippen molar-refractivity contribution in [3.8, 4) is 0 Å². The average Bonchev–Trinajstić information content (AvgIpc) is 2.12. The summed E-state index contributed by atoms with van der Waals surface area (Å²) in [7, 11) is 0. The van der Waals surface area contributed by atoms with Crippen molar-refractivity contribution >= 4 is 5.97 Å². The summed E-state index contributed by atoms with van der Waals surface area (Å²) in [6, 6.07) is 0. The van der Waals surface area contributed by atoms with Gasteiger partial charge in [-0.2, -0.15) is 26.3 Å². The van der Waals surface area contributed by atoms with Gasteiger partial charge in [-0.25, -0.2) is 0 Å². The van der Waals surface area contributed by atoms with Gasteiger partial charge >= 0.3 is 18.3 Å². The van der Waals surface area contributed by atoms with Gasteiger partial charge in [-0.1, -0.05) is 27.7 Å². The zero-order chi connectivity index (χ0) is 16.6. The quantitative estimate of drug-likeness (QED) is 0.567. The van der Waals surface area contributed by atoms with Gasteiger partial charge in [-0.15, -0.1) is 0 Å². The normalized spacial score (nSPS) is 15.9. The van der Waals surface area contributed by atoms with Crippen LogP contribution in [0, 0.1) is 10.8 Å². The topological polar surface area (TPSA) is 26.3 Å². The molecule has 0 N–H and O–H groups in total. The molecule has 1 atom stereocenters. The van der Waals surface area contributed by atoms with Crippen molar-refractivity contribution in [1.82, 2.24) is 0 Å². The monoisotopic (exact) mass is 308 g/mol. The molecule has 0 bridgehead atoms. The summed E-state index contributed by atoms with van der Waals surface area (Å²) in [6.07, 6.45) is -14.1. The summed E-state index contributed by atoms with van der Waals surface area (Å²) in [5, 5.41) is 0. The van der Waals surface area contributed by atoms with Crippen LogP contribution in [0.15, 0.2) is 0 Å². The van der Waals surface area contributed by atoms with E-state index < -0.39 is 41.7 Å². The Balaban J connectivity index is 5.65. The number of carbonyl (C=O) groups is 1. The number of rotatable bonds is 3. The summed E-state index contributed by atoms with van der Waals surface area (Å²) in [6.45, 7) is 6.54. The van der Waals surface area contributed by atoms with E-state index in [2.05, 4.69) is 4.74 Å². The van der Waals surface area contributed by atoms with Gasteiger partial charge in [0.2, 0.25) is 0 Å². The van der Waals surface area contributed by atoms with Crippen molar-refractivity contribution in [2.75, 3.05) is 0 Å². The predicted molar refractivity (Wildman–Crippen MR) is 59.8 cm³/mol. The Kier molecular flexibility index (Phi) is 5.18. The lowest BCUT2D eigenvalue weighted by molar-refractivity contribution is -0.335. The highest BCUT2D eigenvalue weighted by Gasteiger charge is 2.75. The molecule has 0 aliphatic rings. The molecule has 0 saturated carbocycles. The molecular weight excluding hydrogens is 290 g/mol. The Morgan fingerprint density at radius 1 is 1.00 bits per heavy atom. The molecule has 0 aliphatic carbocycles. The van der Waals surface area contributed by atoms with Crippen LogP contribution < -0.4 is 0 Å². The Hall–Kier alpha value is -0.950. The van der Waals surface area contributed by atoms with E-state index in [9.17, 15) is 31.1 Å². The van der Waals surface area contributed by atoms with Crippen LogP contribution in [-0.2, 0) is 9.53 Å². The minimum absolute atomic E-state index is 0.657. The van der Waals surface area contributed by atoms with Crippen LogP contribution in [0.25, 0.3) is 0 Å². The van der Waals surface area contributed by atoms with Gasteiger partial charge in [0.05, 0.1) is 0 Å². The van der Waals surface area contributed by atoms with Crippen LogP contribution in [0.2, 0.25) is 0 Å². The van der Waals surface area contributed by atoms with Gasteiger partial charge in [0.1, 0.15) is 6.10 Å². The van der Waals surface area contributed by atoms with Crippen LogP contribution in [0.1, 0.15) is 41.0 Å². The minimum Gasteiger partial charge on any atom is -0.461 e. The first-order valence-electron chi connectivity index (χ1n) is 5.95. The predicted octanol–water partition coefficient (Wildman–Crippen LogP) is 4.49. The van der Waals surface area contributed by atoms with E-state index >= 15 is 0 Å². The third kappa shape index (κ3) is 3.38. The van der Waals surface area contributed by atoms with Crippen molar-refractivity contribution in [2.45, 2.75) is 59.5 Å². The van der Waals surface area contributed by atoms with Crippen LogP contribution in [-0.4, -0.2) is 24.4 Å². The van der Waals surface area contributed by atoms with E-state index in [4.69, 9.17) is 0 Å². The molecule has 0 aromatic heterocycles. The molecule has 0 fully saturated rings. The van der Waals surface area contributed by atoms with Crippen molar-refractivity contribution in [2.24, 2.45) is 10.8 Å². The lowest BCUT2D eigenvalue weighted by Crippen LogP contribution is -2.56. The van der Waals surface area contributed by atoms with E-state index in [1.54, 1.807) is 20.8 Å². The largest absolute Gasteiger partial charge is 0.461 e.